The molecule has 0 unspecified atom stereocenters. The summed E-state index contributed by atoms with van der Waals surface area (Å²) in [6.07, 6.45) is 0. The Hall–Kier alpha value is -2.58. The Bertz CT molecular complexity index is 882. The molecule has 8 heteroatoms. The second kappa shape index (κ2) is 9.76. The van der Waals surface area contributed by atoms with Gasteiger partial charge in [-0.15, -0.1) is 0 Å². The van der Waals surface area contributed by atoms with Gasteiger partial charge in [0.2, 0.25) is 5.91 Å². The molecule has 1 fully saturated rings. The summed E-state index contributed by atoms with van der Waals surface area (Å²) in [5.74, 6) is 0.991. The van der Waals surface area contributed by atoms with E-state index in [1.807, 2.05) is 29.2 Å². The first kappa shape index (κ1) is 21.1. The first-order valence-corrected chi connectivity index (χ1v) is 10.1. The molecule has 1 aliphatic heterocycles. The van der Waals surface area contributed by atoms with Gasteiger partial charge in [0, 0.05) is 36.2 Å². The van der Waals surface area contributed by atoms with E-state index in [9.17, 15) is 9.59 Å². The Morgan fingerprint density at radius 1 is 1.00 bits per heavy atom. The first-order valence-electron chi connectivity index (χ1n) is 9.30. The summed E-state index contributed by atoms with van der Waals surface area (Å²) in [5, 5.41) is 2.91. The number of hydrogen-bond donors (Lipinski definition) is 1. The minimum atomic E-state index is -0.0726. The Morgan fingerprint density at radius 3 is 2.34 bits per heavy atom. The van der Waals surface area contributed by atoms with Gasteiger partial charge in [0.1, 0.15) is 0 Å². The van der Waals surface area contributed by atoms with Crippen LogP contribution in [0.2, 0.25) is 0 Å². The van der Waals surface area contributed by atoms with Crippen LogP contribution < -0.4 is 14.8 Å². The van der Waals surface area contributed by atoms with Crippen molar-refractivity contribution < 1.29 is 19.1 Å². The van der Waals surface area contributed by atoms with Crippen LogP contribution in [0.4, 0.5) is 5.69 Å². The van der Waals surface area contributed by atoms with Gasteiger partial charge in [0.25, 0.3) is 5.91 Å². The van der Waals surface area contributed by atoms with Gasteiger partial charge in [-0.05, 0) is 46.3 Å². The van der Waals surface area contributed by atoms with Gasteiger partial charge in [-0.2, -0.15) is 0 Å². The molecule has 3 rings (SSSR count). The number of hydrogen-bond acceptors (Lipinski definition) is 5. The molecule has 0 bridgehead atoms. The first-order chi connectivity index (χ1) is 14.0. The quantitative estimate of drug-likeness (QED) is 0.715. The van der Waals surface area contributed by atoms with E-state index in [4.69, 9.17) is 9.47 Å². The van der Waals surface area contributed by atoms with Crippen molar-refractivity contribution in [3.05, 3.63) is 52.5 Å². The average molecular weight is 462 g/mol. The second-order valence-corrected chi connectivity index (χ2v) is 7.52. The number of piperazine rings is 1. The summed E-state index contributed by atoms with van der Waals surface area (Å²) in [4.78, 5) is 29.0. The molecule has 154 valence electrons. The number of amides is 2. The van der Waals surface area contributed by atoms with Crippen molar-refractivity contribution >= 4 is 33.4 Å². The number of anilines is 1. The van der Waals surface area contributed by atoms with Gasteiger partial charge in [-0.3, -0.25) is 14.5 Å². The van der Waals surface area contributed by atoms with Crippen LogP contribution in [0, 0.1) is 0 Å². The Balaban J connectivity index is 1.53. The highest BCUT2D eigenvalue weighted by molar-refractivity contribution is 9.10. The van der Waals surface area contributed by atoms with Crippen LogP contribution in [0.15, 0.2) is 46.9 Å². The molecular weight excluding hydrogens is 438 g/mol. The minimum absolute atomic E-state index is 0.0525. The molecule has 0 radical (unpaired) electrons. The smallest absolute Gasteiger partial charge is 0.254 e. The molecule has 0 spiro atoms. The van der Waals surface area contributed by atoms with Crippen molar-refractivity contribution in [3.8, 4) is 11.5 Å². The molecule has 0 saturated carbocycles. The van der Waals surface area contributed by atoms with Gasteiger partial charge in [-0.25, -0.2) is 0 Å². The number of halogens is 1. The number of ether oxygens (including phenoxy) is 2. The second-order valence-electron chi connectivity index (χ2n) is 6.67. The van der Waals surface area contributed by atoms with Gasteiger partial charge in [-0.1, -0.05) is 12.1 Å². The van der Waals surface area contributed by atoms with E-state index in [1.54, 1.807) is 37.3 Å². The number of rotatable bonds is 6. The van der Waals surface area contributed by atoms with Crippen molar-refractivity contribution in [3.63, 3.8) is 0 Å². The van der Waals surface area contributed by atoms with Gasteiger partial charge in [0.15, 0.2) is 11.5 Å². The lowest BCUT2D eigenvalue weighted by molar-refractivity contribution is -0.117. The average Bonchev–Trinajstić information content (AvgIpc) is 2.75. The molecule has 0 aliphatic carbocycles. The van der Waals surface area contributed by atoms with Gasteiger partial charge in [0.05, 0.1) is 26.5 Å². The Labute approximate surface area is 178 Å². The van der Waals surface area contributed by atoms with Crippen molar-refractivity contribution in [1.29, 1.82) is 0 Å². The fraction of sp³-hybridized carbons (Fsp3) is 0.333. The molecule has 2 aromatic carbocycles. The maximum Gasteiger partial charge on any atom is 0.254 e. The highest BCUT2D eigenvalue weighted by atomic mass is 79.9. The molecule has 1 saturated heterocycles. The van der Waals surface area contributed by atoms with Crippen molar-refractivity contribution in [2.75, 3.05) is 52.3 Å². The molecule has 0 aromatic heterocycles. The van der Waals surface area contributed by atoms with Crippen molar-refractivity contribution in [2.45, 2.75) is 0 Å². The van der Waals surface area contributed by atoms with Gasteiger partial charge >= 0.3 is 0 Å². The SMILES string of the molecule is COc1ccc(C(=O)N2CCN(CC(=O)Nc3ccccc3Br)CC2)cc1OC. The van der Waals surface area contributed by atoms with E-state index < -0.39 is 0 Å². The molecule has 29 heavy (non-hydrogen) atoms. The molecule has 7 nitrogen and oxygen atoms in total. The highest BCUT2D eigenvalue weighted by Gasteiger charge is 2.24. The predicted molar refractivity (Wildman–Crippen MR) is 115 cm³/mol. The molecule has 2 aromatic rings. The predicted octanol–water partition coefficient (Wildman–Crippen LogP) is 2.86. The lowest BCUT2D eigenvalue weighted by Gasteiger charge is -2.34. The maximum absolute atomic E-state index is 12.8. The van der Waals surface area contributed by atoms with Crippen LogP contribution in [0.1, 0.15) is 10.4 Å². The zero-order chi connectivity index (χ0) is 20.8. The minimum Gasteiger partial charge on any atom is -0.493 e. The number of carbonyl (C=O) groups excluding carboxylic acids is 2. The third-order valence-corrected chi connectivity index (χ3v) is 5.50. The Morgan fingerprint density at radius 2 is 1.69 bits per heavy atom. The molecule has 0 atom stereocenters. The normalized spacial score (nSPS) is 14.4. The molecule has 1 N–H and O–H groups in total. The van der Waals surface area contributed by atoms with E-state index in [2.05, 4.69) is 21.2 Å². The van der Waals surface area contributed by atoms with Gasteiger partial charge < -0.3 is 19.7 Å². The van der Waals surface area contributed by atoms with Crippen LogP contribution in [-0.2, 0) is 4.79 Å². The largest absolute Gasteiger partial charge is 0.493 e. The molecule has 1 heterocycles. The summed E-state index contributed by atoms with van der Waals surface area (Å²) in [5.41, 5.74) is 1.31. The zero-order valence-electron chi connectivity index (χ0n) is 16.5. The summed E-state index contributed by atoms with van der Waals surface area (Å²) in [7, 11) is 3.11. The van der Waals surface area contributed by atoms with E-state index >= 15 is 0 Å². The van der Waals surface area contributed by atoms with E-state index in [1.165, 1.54) is 0 Å². The topological polar surface area (TPSA) is 71.1 Å². The number of carbonyl (C=O) groups is 2. The lowest BCUT2D eigenvalue weighted by atomic mass is 10.1. The summed E-state index contributed by atoms with van der Waals surface area (Å²) >= 11 is 3.43. The summed E-state index contributed by atoms with van der Waals surface area (Å²) in [6, 6.07) is 12.7. The van der Waals surface area contributed by atoms with E-state index in [0.717, 1.165) is 10.2 Å². The molecule has 1 aliphatic rings. The Kier molecular flexibility index (Phi) is 7.11. The summed E-state index contributed by atoms with van der Waals surface area (Å²) < 4.78 is 11.3. The number of benzene rings is 2. The monoisotopic (exact) mass is 461 g/mol. The molecular formula is C21H24BrN3O4. The van der Waals surface area contributed by atoms with E-state index in [-0.39, 0.29) is 11.8 Å². The van der Waals surface area contributed by atoms with Crippen LogP contribution in [0.25, 0.3) is 0 Å². The maximum atomic E-state index is 12.8. The highest BCUT2D eigenvalue weighted by Crippen LogP contribution is 2.28. The van der Waals surface area contributed by atoms with Crippen molar-refractivity contribution in [1.82, 2.24) is 9.80 Å². The standard InChI is InChI=1S/C21H24BrN3O4/c1-28-18-8-7-15(13-19(18)29-2)21(27)25-11-9-24(10-12-25)14-20(26)23-17-6-4-3-5-16(17)22/h3-8,13H,9-12,14H2,1-2H3,(H,23,26). The molecule has 2 amide bonds. The number of nitrogens with zero attached hydrogens (tertiary/aromatic N) is 2. The van der Waals surface area contributed by atoms with Crippen LogP contribution in [0.5, 0.6) is 11.5 Å². The summed E-state index contributed by atoms with van der Waals surface area (Å²) in [6.45, 7) is 2.70. The fourth-order valence-electron chi connectivity index (χ4n) is 3.22. The third-order valence-electron chi connectivity index (χ3n) is 4.81. The fourth-order valence-corrected chi connectivity index (χ4v) is 3.60. The lowest BCUT2D eigenvalue weighted by Crippen LogP contribution is -2.50. The van der Waals surface area contributed by atoms with Crippen LogP contribution in [-0.4, -0.2) is 68.6 Å². The number of para-hydroxylation sites is 1. The van der Waals surface area contributed by atoms with Crippen molar-refractivity contribution in [2.24, 2.45) is 0 Å². The van der Waals surface area contributed by atoms with Crippen LogP contribution >= 0.6 is 15.9 Å². The zero-order valence-corrected chi connectivity index (χ0v) is 18.1. The van der Waals surface area contributed by atoms with Crippen LogP contribution in [0.3, 0.4) is 0 Å². The number of methoxy groups -OCH3 is 2. The third kappa shape index (κ3) is 5.27. The number of nitrogens with one attached hydrogen (secondary N) is 1. The van der Waals surface area contributed by atoms with E-state index in [0.29, 0.717) is 49.8 Å².